The Labute approximate surface area is 108 Å². The summed E-state index contributed by atoms with van der Waals surface area (Å²) >= 11 is 1.33. The highest BCUT2D eigenvalue weighted by atomic mass is 32.2. The molecule has 0 aliphatic carbocycles. The number of rotatable bonds is 4. The van der Waals surface area contributed by atoms with Crippen LogP contribution in [0, 0.1) is 6.92 Å². The Morgan fingerprint density at radius 2 is 2.39 bits per heavy atom. The first-order valence-electron chi connectivity index (χ1n) is 5.31. The van der Waals surface area contributed by atoms with Gasteiger partial charge in [-0.3, -0.25) is 10.1 Å². The van der Waals surface area contributed by atoms with Crippen LogP contribution in [0.2, 0.25) is 0 Å². The predicted molar refractivity (Wildman–Crippen MR) is 66.2 cm³/mol. The van der Waals surface area contributed by atoms with Crippen LogP contribution >= 0.6 is 11.8 Å². The zero-order chi connectivity index (χ0) is 13.1. The Bertz CT molecular complexity index is 550. The molecule has 0 fully saturated rings. The molecule has 0 saturated heterocycles. The first-order chi connectivity index (χ1) is 8.56. The quantitative estimate of drug-likeness (QED) is 0.838. The van der Waals surface area contributed by atoms with Gasteiger partial charge in [0.05, 0.1) is 10.9 Å². The third kappa shape index (κ3) is 2.89. The molecule has 8 heteroatoms. The Hall–Kier alpha value is -1.83. The van der Waals surface area contributed by atoms with Crippen LogP contribution in [0.5, 0.6) is 0 Å². The van der Waals surface area contributed by atoms with Gasteiger partial charge in [-0.2, -0.15) is 0 Å². The molecule has 1 N–H and O–H groups in total. The van der Waals surface area contributed by atoms with Gasteiger partial charge in [-0.15, -0.1) is 10.2 Å². The minimum absolute atomic E-state index is 0.167. The smallest absolute Gasteiger partial charge is 0.240 e. The zero-order valence-corrected chi connectivity index (χ0v) is 11.1. The van der Waals surface area contributed by atoms with Gasteiger partial charge in [0.25, 0.3) is 0 Å². The largest absolute Gasteiger partial charge is 0.338 e. The lowest BCUT2D eigenvalue weighted by molar-refractivity contribution is -0.115. The fourth-order valence-corrected chi connectivity index (χ4v) is 2.03. The predicted octanol–water partition coefficient (Wildman–Crippen LogP) is 1.23. The third-order valence-electron chi connectivity index (χ3n) is 2.20. The van der Waals surface area contributed by atoms with Crippen molar-refractivity contribution in [3.8, 4) is 0 Å². The van der Waals surface area contributed by atoms with Crippen LogP contribution < -0.4 is 5.32 Å². The van der Waals surface area contributed by atoms with E-state index in [-0.39, 0.29) is 11.2 Å². The summed E-state index contributed by atoms with van der Waals surface area (Å²) in [6.45, 7) is 3.58. The van der Waals surface area contributed by atoms with Crippen molar-refractivity contribution in [2.45, 2.75) is 24.3 Å². The molecule has 1 amide bonds. The molecule has 0 aromatic carbocycles. The number of hydrogen-bond donors (Lipinski definition) is 1. The number of nitrogens with zero attached hydrogens (tertiary/aromatic N) is 4. The van der Waals surface area contributed by atoms with E-state index in [1.807, 2.05) is 7.05 Å². The molecular weight excluding hydrogens is 254 g/mol. The van der Waals surface area contributed by atoms with Crippen molar-refractivity contribution in [2.24, 2.45) is 7.05 Å². The molecular formula is C10H13N5O2S. The van der Waals surface area contributed by atoms with Crippen LogP contribution in [0.1, 0.15) is 12.6 Å². The average molecular weight is 267 g/mol. The average Bonchev–Trinajstić information content (AvgIpc) is 2.89. The van der Waals surface area contributed by atoms with Crippen LogP contribution in [0.3, 0.4) is 0 Å². The lowest BCUT2D eigenvalue weighted by atomic mass is 10.4. The minimum Gasteiger partial charge on any atom is -0.338 e. The van der Waals surface area contributed by atoms with E-state index >= 15 is 0 Å². The van der Waals surface area contributed by atoms with E-state index in [9.17, 15) is 4.79 Å². The highest BCUT2D eigenvalue weighted by Crippen LogP contribution is 2.21. The van der Waals surface area contributed by atoms with Gasteiger partial charge >= 0.3 is 0 Å². The standard InChI is InChI=1S/C10H13N5O2S/c1-6-4-8(17-14-6)12-9(16)7(2)18-10-13-11-5-15(10)3/h4-5,7H,1-3H3,(H,12,16)/t7-/m1/s1. The van der Waals surface area contributed by atoms with Crippen molar-refractivity contribution >= 4 is 23.6 Å². The van der Waals surface area contributed by atoms with Crippen LogP contribution in [0.4, 0.5) is 5.88 Å². The topological polar surface area (TPSA) is 85.8 Å². The minimum atomic E-state index is -0.307. The van der Waals surface area contributed by atoms with Crippen molar-refractivity contribution in [3.05, 3.63) is 18.1 Å². The van der Waals surface area contributed by atoms with Gasteiger partial charge in [0.2, 0.25) is 11.8 Å². The van der Waals surface area contributed by atoms with Crippen LogP contribution in [0.15, 0.2) is 22.1 Å². The summed E-state index contributed by atoms with van der Waals surface area (Å²) in [4.78, 5) is 11.9. The summed E-state index contributed by atoms with van der Waals surface area (Å²) in [5, 5.41) is 14.4. The number of amides is 1. The van der Waals surface area contributed by atoms with E-state index in [0.717, 1.165) is 5.69 Å². The van der Waals surface area contributed by atoms with Crippen LogP contribution in [0.25, 0.3) is 0 Å². The maximum Gasteiger partial charge on any atom is 0.240 e. The molecule has 7 nitrogen and oxygen atoms in total. The highest BCUT2D eigenvalue weighted by molar-refractivity contribution is 8.00. The van der Waals surface area contributed by atoms with Crippen molar-refractivity contribution < 1.29 is 9.32 Å². The van der Waals surface area contributed by atoms with E-state index < -0.39 is 0 Å². The number of anilines is 1. The summed E-state index contributed by atoms with van der Waals surface area (Å²) in [5.74, 6) is 0.182. The van der Waals surface area contributed by atoms with Gasteiger partial charge in [0.1, 0.15) is 6.33 Å². The molecule has 0 unspecified atom stereocenters. The first kappa shape index (κ1) is 12.6. The summed E-state index contributed by atoms with van der Waals surface area (Å²) < 4.78 is 6.68. The number of hydrogen-bond acceptors (Lipinski definition) is 6. The number of aryl methyl sites for hydroxylation is 2. The molecule has 2 rings (SSSR count). The molecule has 2 aromatic heterocycles. The molecule has 2 heterocycles. The summed E-state index contributed by atoms with van der Waals surface area (Å²) in [6.07, 6.45) is 1.59. The van der Waals surface area contributed by atoms with Crippen molar-refractivity contribution in [1.29, 1.82) is 0 Å². The summed E-state index contributed by atoms with van der Waals surface area (Å²) in [5.41, 5.74) is 0.721. The molecule has 0 radical (unpaired) electrons. The van der Waals surface area contributed by atoms with E-state index in [0.29, 0.717) is 11.0 Å². The molecule has 96 valence electrons. The van der Waals surface area contributed by atoms with Crippen LogP contribution in [-0.4, -0.2) is 31.1 Å². The van der Waals surface area contributed by atoms with Crippen molar-refractivity contribution in [2.75, 3.05) is 5.32 Å². The molecule has 0 saturated carbocycles. The van der Waals surface area contributed by atoms with E-state index in [4.69, 9.17) is 4.52 Å². The van der Waals surface area contributed by atoms with Gasteiger partial charge in [-0.25, -0.2) is 0 Å². The molecule has 0 aliphatic rings. The lowest BCUT2D eigenvalue weighted by Gasteiger charge is -2.08. The highest BCUT2D eigenvalue weighted by Gasteiger charge is 2.18. The molecule has 0 spiro atoms. The second kappa shape index (κ2) is 5.21. The van der Waals surface area contributed by atoms with Crippen LogP contribution in [-0.2, 0) is 11.8 Å². The Kier molecular flexibility index (Phi) is 3.66. The van der Waals surface area contributed by atoms with Gasteiger partial charge in [0.15, 0.2) is 5.16 Å². The summed E-state index contributed by atoms with van der Waals surface area (Å²) in [6, 6.07) is 1.66. The number of thioether (sulfide) groups is 1. The maximum atomic E-state index is 11.9. The second-order valence-electron chi connectivity index (χ2n) is 3.81. The van der Waals surface area contributed by atoms with Crippen molar-refractivity contribution in [3.63, 3.8) is 0 Å². The zero-order valence-electron chi connectivity index (χ0n) is 10.2. The fourth-order valence-electron chi connectivity index (χ4n) is 1.24. The number of aromatic nitrogens is 4. The monoisotopic (exact) mass is 267 g/mol. The van der Waals surface area contributed by atoms with E-state index in [1.165, 1.54) is 11.8 Å². The Morgan fingerprint density at radius 1 is 1.61 bits per heavy atom. The van der Waals surface area contributed by atoms with E-state index in [1.54, 1.807) is 30.8 Å². The lowest BCUT2D eigenvalue weighted by Crippen LogP contribution is -2.22. The Morgan fingerprint density at radius 3 is 2.94 bits per heavy atom. The van der Waals surface area contributed by atoms with E-state index in [2.05, 4.69) is 20.7 Å². The van der Waals surface area contributed by atoms with Gasteiger partial charge in [-0.05, 0) is 13.8 Å². The first-order valence-corrected chi connectivity index (χ1v) is 6.19. The SMILES string of the molecule is Cc1cc(NC(=O)[C@@H](C)Sc2nncn2C)on1. The van der Waals surface area contributed by atoms with Crippen molar-refractivity contribution in [1.82, 2.24) is 19.9 Å². The maximum absolute atomic E-state index is 11.9. The fraction of sp³-hybridized carbons (Fsp3) is 0.400. The normalized spacial score (nSPS) is 12.4. The molecule has 1 atom stereocenters. The molecule has 0 bridgehead atoms. The Balaban J connectivity index is 1.95. The second-order valence-corrected chi connectivity index (χ2v) is 5.11. The number of carbonyl (C=O) groups is 1. The third-order valence-corrected chi connectivity index (χ3v) is 3.34. The number of carbonyl (C=O) groups excluding carboxylic acids is 1. The van der Waals surface area contributed by atoms with Gasteiger partial charge in [-0.1, -0.05) is 16.9 Å². The molecule has 18 heavy (non-hydrogen) atoms. The van der Waals surface area contributed by atoms with Gasteiger partial charge < -0.3 is 9.09 Å². The molecule has 2 aromatic rings. The van der Waals surface area contributed by atoms with Gasteiger partial charge in [0, 0.05) is 13.1 Å². The summed E-state index contributed by atoms with van der Waals surface area (Å²) in [7, 11) is 1.83. The molecule has 0 aliphatic heterocycles. The number of nitrogens with one attached hydrogen (secondary N) is 1.